The van der Waals surface area contributed by atoms with Crippen molar-refractivity contribution in [2.24, 2.45) is 5.84 Å². The normalized spacial score (nSPS) is 12.6. The summed E-state index contributed by atoms with van der Waals surface area (Å²) in [6.45, 7) is 0. The molecule has 0 saturated heterocycles. The van der Waals surface area contributed by atoms with Crippen molar-refractivity contribution in [1.82, 2.24) is 5.43 Å². The highest BCUT2D eigenvalue weighted by molar-refractivity contribution is 9.10. The zero-order valence-electron chi connectivity index (χ0n) is 9.31. The molecule has 1 heterocycles. The molecule has 0 fully saturated rings. The molecule has 0 aliphatic heterocycles. The maximum atomic E-state index is 5.65. The highest BCUT2D eigenvalue weighted by Crippen LogP contribution is 2.33. The largest absolute Gasteiger partial charge is 0.466 e. The number of furan rings is 1. The van der Waals surface area contributed by atoms with Crippen molar-refractivity contribution in [2.75, 3.05) is 6.26 Å². The molecule has 0 amide bonds. The summed E-state index contributed by atoms with van der Waals surface area (Å²) >= 11 is 5.15. The highest BCUT2D eigenvalue weighted by Gasteiger charge is 2.20. The minimum absolute atomic E-state index is 0.150. The van der Waals surface area contributed by atoms with E-state index in [-0.39, 0.29) is 6.04 Å². The van der Waals surface area contributed by atoms with Gasteiger partial charge in [-0.05, 0) is 39.9 Å². The minimum Gasteiger partial charge on any atom is -0.466 e. The molecule has 1 aromatic carbocycles. The Morgan fingerprint density at radius 3 is 2.71 bits per heavy atom. The molecule has 1 aromatic heterocycles. The molecule has 0 aliphatic carbocycles. The maximum Gasteiger partial charge on any atom is 0.140 e. The van der Waals surface area contributed by atoms with Crippen molar-refractivity contribution in [3.8, 4) is 0 Å². The topological polar surface area (TPSA) is 51.2 Å². The van der Waals surface area contributed by atoms with Crippen LogP contribution in [0.3, 0.4) is 0 Å². The lowest BCUT2D eigenvalue weighted by Gasteiger charge is -2.17. The van der Waals surface area contributed by atoms with Crippen molar-refractivity contribution in [1.29, 1.82) is 0 Å². The first kappa shape index (κ1) is 12.7. The second kappa shape index (κ2) is 5.73. The lowest BCUT2D eigenvalue weighted by molar-refractivity contribution is 0.447. The van der Waals surface area contributed by atoms with Crippen molar-refractivity contribution in [3.63, 3.8) is 0 Å². The van der Waals surface area contributed by atoms with Gasteiger partial charge >= 0.3 is 0 Å². The Balaban J connectivity index is 2.46. The predicted octanol–water partition coefficient (Wildman–Crippen LogP) is 3.32. The summed E-state index contributed by atoms with van der Waals surface area (Å²) in [4.78, 5) is 1.18. The highest BCUT2D eigenvalue weighted by atomic mass is 79.9. The predicted molar refractivity (Wildman–Crippen MR) is 73.8 cm³/mol. The van der Waals surface area contributed by atoms with Gasteiger partial charge in [0.15, 0.2) is 0 Å². The zero-order chi connectivity index (χ0) is 12.3. The molecule has 3 N–H and O–H groups in total. The molecule has 2 aromatic rings. The zero-order valence-corrected chi connectivity index (χ0v) is 11.7. The van der Waals surface area contributed by atoms with Crippen molar-refractivity contribution in [2.45, 2.75) is 10.9 Å². The average molecular weight is 313 g/mol. The van der Waals surface area contributed by atoms with Gasteiger partial charge in [-0.15, -0.1) is 11.8 Å². The van der Waals surface area contributed by atoms with E-state index in [0.717, 1.165) is 15.8 Å². The van der Waals surface area contributed by atoms with Crippen LogP contribution in [0.4, 0.5) is 0 Å². The van der Waals surface area contributed by atoms with Gasteiger partial charge in [-0.25, -0.2) is 5.43 Å². The van der Waals surface area contributed by atoms with E-state index in [2.05, 4.69) is 27.4 Å². The number of benzene rings is 1. The van der Waals surface area contributed by atoms with Crippen LogP contribution < -0.4 is 11.3 Å². The van der Waals surface area contributed by atoms with Gasteiger partial charge in [-0.3, -0.25) is 5.84 Å². The van der Waals surface area contributed by atoms with Gasteiger partial charge in [0.05, 0.1) is 10.7 Å². The number of halogens is 1. The van der Waals surface area contributed by atoms with Crippen LogP contribution in [-0.4, -0.2) is 6.26 Å². The van der Waals surface area contributed by atoms with E-state index in [1.807, 2.05) is 30.5 Å². The van der Waals surface area contributed by atoms with Crippen molar-refractivity contribution >= 4 is 27.7 Å². The van der Waals surface area contributed by atoms with Crippen molar-refractivity contribution < 1.29 is 4.42 Å². The number of rotatable bonds is 4. The van der Waals surface area contributed by atoms with Gasteiger partial charge in [0.2, 0.25) is 0 Å². The molecule has 1 atom stereocenters. The Morgan fingerprint density at radius 1 is 1.35 bits per heavy atom. The van der Waals surface area contributed by atoms with Gasteiger partial charge in [-0.1, -0.05) is 18.2 Å². The Labute approximate surface area is 113 Å². The quantitative estimate of drug-likeness (QED) is 0.516. The molecule has 0 bridgehead atoms. The number of thioether (sulfide) groups is 1. The smallest absolute Gasteiger partial charge is 0.140 e. The number of hydrazine groups is 1. The molecule has 90 valence electrons. The molecule has 5 heteroatoms. The molecule has 17 heavy (non-hydrogen) atoms. The third-order valence-corrected chi connectivity index (χ3v) is 3.99. The molecule has 0 spiro atoms. The summed E-state index contributed by atoms with van der Waals surface area (Å²) in [6, 6.07) is 9.84. The summed E-state index contributed by atoms with van der Waals surface area (Å²) in [7, 11) is 0. The maximum absolute atomic E-state index is 5.65. The number of nitrogens with one attached hydrogen (secondary N) is 1. The number of nitrogens with two attached hydrogens (primary N) is 1. The lowest BCUT2D eigenvalue weighted by Crippen LogP contribution is -2.29. The van der Waals surface area contributed by atoms with Crippen LogP contribution in [0.25, 0.3) is 0 Å². The van der Waals surface area contributed by atoms with Crippen LogP contribution in [0.2, 0.25) is 0 Å². The van der Waals surface area contributed by atoms with Gasteiger partial charge < -0.3 is 4.42 Å². The van der Waals surface area contributed by atoms with E-state index in [1.54, 1.807) is 18.0 Å². The molecule has 1 unspecified atom stereocenters. The second-order valence-electron chi connectivity index (χ2n) is 3.47. The van der Waals surface area contributed by atoms with E-state index in [0.29, 0.717) is 0 Å². The molecule has 2 rings (SSSR count). The second-order valence-corrected chi connectivity index (χ2v) is 5.18. The Bertz CT molecular complexity index is 501. The van der Waals surface area contributed by atoms with E-state index >= 15 is 0 Å². The summed E-state index contributed by atoms with van der Waals surface area (Å²) in [5.41, 5.74) is 3.91. The first-order chi connectivity index (χ1) is 8.27. The molecular weight excluding hydrogens is 300 g/mol. The Morgan fingerprint density at radius 2 is 2.12 bits per heavy atom. The fourth-order valence-corrected chi connectivity index (χ4v) is 2.79. The van der Waals surface area contributed by atoms with E-state index in [1.165, 1.54) is 4.90 Å². The third kappa shape index (κ3) is 2.57. The molecule has 3 nitrogen and oxygen atoms in total. The average Bonchev–Trinajstić information content (AvgIpc) is 2.78. The summed E-state index contributed by atoms with van der Waals surface area (Å²) in [6.07, 6.45) is 3.69. The van der Waals surface area contributed by atoms with E-state index < -0.39 is 0 Å². The monoisotopic (exact) mass is 312 g/mol. The van der Waals surface area contributed by atoms with Crippen LogP contribution in [0.1, 0.15) is 17.4 Å². The molecular formula is C12H13BrN2OS. The summed E-state index contributed by atoms with van der Waals surface area (Å²) in [5, 5.41) is 0. The van der Waals surface area contributed by atoms with Crippen LogP contribution in [-0.2, 0) is 0 Å². The Kier molecular flexibility index (Phi) is 4.28. The van der Waals surface area contributed by atoms with Crippen molar-refractivity contribution in [3.05, 3.63) is 52.4 Å². The number of hydrogen-bond donors (Lipinski definition) is 2. The van der Waals surface area contributed by atoms with Crippen LogP contribution >= 0.6 is 27.7 Å². The SMILES string of the molecule is CSc1ccccc1C(NN)c1occc1Br. The fourth-order valence-electron chi connectivity index (χ4n) is 1.72. The standard InChI is InChI=1S/C12H13BrN2OS/c1-17-10-5-3-2-4-8(10)11(15-14)12-9(13)6-7-16-12/h2-7,11,15H,14H2,1H3. The van der Waals surface area contributed by atoms with Gasteiger partial charge in [0.25, 0.3) is 0 Å². The fraction of sp³-hybridized carbons (Fsp3) is 0.167. The molecule has 0 aliphatic rings. The Hall–Kier alpha value is -0.750. The third-order valence-electron chi connectivity index (χ3n) is 2.52. The van der Waals surface area contributed by atoms with Gasteiger partial charge in [0, 0.05) is 4.90 Å². The number of hydrogen-bond acceptors (Lipinski definition) is 4. The van der Waals surface area contributed by atoms with E-state index in [9.17, 15) is 0 Å². The molecule has 0 radical (unpaired) electrons. The van der Waals surface area contributed by atoms with Crippen LogP contribution in [0.15, 0.2) is 50.4 Å². The first-order valence-electron chi connectivity index (χ1n) is 5.10. The van der Waals surface area contributed by atoms with Gasteiger partial charge in [0.1, 0.15) is 11.8 Å². The van der Waals surface area contributed by atoms with Crippen LogP contribution in [0.5, 0.6) is 0 Å². The lowest BCUT2D eigenvalue weighted by atomic mass is 10.1. The first-order valence-corrected chi connectivity index (χ1v) is 7.11. The summed E-state index contributed by atoms with van der Waals surface area (Å²) < 4.78 is 6.39. The summed E-state index contributed by atoms with van der Waals surface area (Å²) in [5.74, 6) is 6.43. The minimum atomic E-state index is -0.150. The molecule has 0 saturated carbocycles. The van der Waals surface area contributed by atoms with Crippen LogP contribution in [0, 0.1) is 0 Å². The van der Waals surface area contributed by atoms with E-state index in [4.69, 9.17) is 10.3 Å². The van der Waals surface area contributed by atoms with Gasteiger partial charge in [-0.2, -0.15) is 0 Å².